The van der Waals surface area contributed by atoms with E-state index < -0.39 is 10.0 Å². The molecule has 3 heterocycles. The molecule has 0 aliphatic carbocycles. The molecule has 7 nitrogen and oxygen atoms in total. The van der Waals surface area contributed by atoms with Crippen LogP contribution in [-0.4, -0.2) is 59.1 Å². The van der Waals surface area contributed by atoms with Crippen LogP contribution in [-0.2, 0) is 23.1 Å². The van der Waals surface area contributed by atoms with Crippen LogP contribution in [0.5, 0.6) is 0 Å². The van der Waals surface area contributed by atoms with E-state index in [0.29, 0.717) is 24.8 Å². The van der Waals surface area contributed by atoms with E-state index in [1.54, 1.807) is 24.3 Å². The maximum absolute atomic E-state index is 12.9. The molecule has 1 atom stereocenters. The minimum absolute atomic E-state index is 0.142. The zero-order chi connectivity index (χ0) is 18.3. The summed E-state index contributed by atoms with van der Waals surface area (Å²) in [5, 5.41) is 8.93. The summed E-state index contributed by atoms with van der Waals surface area (Å²) in [6, 6.07) is 6.55. The smallest absolute Gasteiger partial charge is 0.245 e. The second kappa shape index (κ2) is 6.92. The molecule has 0 spiro atoms. The summed E-state index contributed by atoms with van der Waals surface area (Å²) in [6.07, 6.45) is 2.25. The Kier molecular flexibility index (Phi) is 4.77. The molecule has 0 radical (unpaired) electrons. The number of hydrogen-bond acceptors (Lipinski definition) is 5. The first kappa shape index (κ1) is 17.9. The Balaban J connectivity index is 1.59. The molecule has 1 aromatic heterocycles. The van der Waals surface area contributed by atoms with Gasteiger partial charge in [0.25, 0.3) is 0 Å². The number of hydrogen-bond donors (Lipinski definition) is 0. The molecule has 2 aliphatic rings. The van der Waals surface area contributed by atoms with Crippen molar-refractivity contribution in [3.05, 3.63) is 40.9 Å². The van der Waals surface area contributed by atoms with Crippen LogP contribution in [0, 0.1) is 0 Å². The van der Waals surface area contributed by atoms with Gasteiger partial charge < -0.3 is 9.47 Å². The Morgan fingerprint density at radius 2 is 1.96 bits per heavy atom. The first-order valence-electron chi connectivity index (χ1n) is 8.82. The highest BCUT2D eigenvalue weighted by atomic mass is 35.5. The molecule has 0 unspecified atom stereocenters. The van der Waals surface area contributed by atoms with Crippen molar-refractivity contribution in [3.63, 3.8) is 0 Å². The number of likely N-dealkylation sites (tertiary alicyclic amines) is 1. The van der Waals surface area contributed by atoms with Crippen LogP contribution in [0.3, 0.4) is 0 Å². The van der Waals surface area contributed by atoms with Crippen LogP contribution in [0.1, 0.15) is 30.4 Å². The third-order valence-corrected chi connectivity index (χ3v) is 7.54. The maximum Gasteiger partial charge on any atom is 0.245 e. The molecule has 9 heteroatoms. The lowest BCUT2D eigenvalue weighted by Gasteiger charge is -2.31. The standard InChI is InChI=1S/C17H22ClN5O2S/c1-21-8-4-5-13(11-21)17-20-19-16-12-22(9-10-23(16)17)26(24,25)15-7-3-2-6-14(15)18/h2-3,6-7,13H,4-5,8-12H2,1H3/t13-/m0/s1. The average Bonchev–Trinajstić information content (AvgIpc) is 3.05. The van der Waals surface area contributed by atoms with Crippen molar-refractivity contribution in [1.82, 2.24) is 24.0 Å². The lowest BCUT2D eigenvalue weighted by Crippen LogP contribution is -2.39. The molecule has 26 heavy (non-hydrogen) atoms. The van der Waals surface area contributed by atoms with Crippen molar-refractivity contribution in [2.75, 3.05) is 26.7 Å². The predicted octanol–water partition coefficient (Wildman–Crippen LogP) is 1.95. The monoisotopic (exact) mass is 395 g/mol. The fraction of sp³-hybridized carbons (Fsp3) is 0.529. The lowest BCUT2D eigenvalue weighted by atomic mass is 9.97. The van der Waals surface area contributed by atoms with Gasteiger partial charge in [-0.2, -0.15) is 4.31 Å². The minimum atomic E-state index is -3.65. The zero-order valence-corrected chi connectivity index (χ0v) is 16.2. The van der Waals surface area contributed by atoms with Crippen molar-refractivity contribution in [3.8, 4) is 0 Å². The van der Waals surface area contributed by atoms with Crippen LogP contribution in [0.4, 0.5) is 0 Å². The van der Waals surface area contributed by atoms with Crippen LogP contribution >= 0.6 is 11.6 Å². The first-order valence-corrected chi connectivity index (χ1v) is 10.6. The molecule has 0 saturated carbocycles. The summed E-state index contributed by atoms with van der Waals surface area (Å²) < 4.78 is 29.4. The highest BCUT2D eigenvalue weighted by Crippen LogP contribution is 2.30. The molecule has 0 amide bonds. The number of likely N-dealkylation sites (N-methyl/N-ethyl adjacent to an activating group) is 1. The second-order valence-corrected chi connectivity index (χ2v) is 9.31. The number of benzene rings is 1. The SMILES string of the molecule is CN1CCC[C@H](c2nnc3n2CCN(S(=O)(=O)c2ccccc2Cl)C3)C1. The van der Waals surface area contributed by atoms with Crippen molar-refractivity contribution in [2.24, 2.45) is 0 Å². The number of halogens is 1. The summed E-state index contributed by atoms with van der Waals surface area (Å²) in [5.74, 6) is 2.05. The minimum Gasteiger partial charge on any atom is -0.312 e. The van der Waals surface area contributed by atoms with Gasteiger partial charge in [-0.3, -0.25) is 0 Å². The summed E-state index contributed by atoms with van der Waals surface area (Å²) in [6.45, 7) is 3.28. The molecule has 1 fully saturated rings. The van der Waals surface area contributed by atoms with Gasteiger partial charge in [-0.25, -0.2) is 8.42 Å². The summed E-state index contributed by atoms with van der Waals surface area (Å²) in [7, 11) is -1.53. The van der Waals surface area contributed by atoms with Crippen molar-refractivity contribution < 1.29 is 8.42 Å². The Morgan fingerprint density at radius 1 is 1.15 bits per heavy atom. The number of piperidine rings is 1. The van der Waals surface area contributed by atoms with Crippen molar-refractivity contribution >= 4 is 21.6 Å². The number of fused-ring (bicyclic) bond motifs is 1. The van der Waals surface area contributed by atoms with E-state index in [9.17, 15) is 8.42 Å². The predicted molar refractivity (Wildman–Crippen MR) is 98.5 cm³/mol. The van der Waals surface area contributed by atoms with Crippen molar-refractivity contribution in [2.45, 2.75) is 36.7 Å². The lowest BCUT2D eigenvalue weighted by molar-refractivity contribution is 0.239. The average molecular weight is 396 g/mol. The quantitative estimate of drug-likeness (QED) is 0.794. The van der Waals surface area contributed by atoms with Crippen LogP contribution in [0.15, 0.2) is 29.2 Å². The van der Waals surface area contributed by atoms with Gasteiger partial charge in [0.1, 0.15) is 16.5 Å². The third kappa shape index (κ3) is 3.15. The largest absolute Gasteiger partial charge is 0.312 e. The molecule has 4 rings (SSSR count). The Bertz CT molecular complexity index is 914. The number of sulfonamides is 1. The van der Waals surface area contributed by atoms with E-state index in [1.165, 1.54) is 4.31 Å². The van der Waals surface area contributed by atoms with Crippen LogP contribution in [0.2, 0.25) is 5.02 Å². The fourth-order valence-electron chi connectivity index (χ4n) is 3.84. The Morgan fingerprint density at radius 3 is 2.73 bits per heavy atom. The maximum atomic E-state index is 12.9. The highest BCUT2D eigenvalue weighted by molar-refractivity contribution is 7.89. The van der Waals surface area contributed by atoms with Crippen LogP contribution < -0.4 is 0 Å². The Labute approximate surface area is 158 Å². The molecule has 140 valence electrons. The molecule has 1 saturated heterocycles. The number of aromatic nitrogens is 3. The fourth-order valence-corrected chi connectivity index (χ4v) is 5.71. The molecule has 2 aromatic rings. The van der Waals surface area contributed by atoms with E-state index in [-0.39, 0.29) is 16.5 Å². The van der Waals surface area contributed by atoms with E-state index >= 15 is 0 Å². The van der Waals surface area contributed by atoms with Crippen LogP contribution in [0.25, 0.3) is 0 Å². The molecule has 0 N–H and O–H groups in total. The zero-order valence-electron chi connectivity index (χ0n) is 14.7. The van der Waals surface area contributed by atoms with Gasteiger partial charge in [-0.1, -0.05) is 23.7 Å². The second-order valence-electron chi connectivity index (χ2n) is 7.00. The van der Waals surface area contributed by atoms with Gasteiger partial charge in [-0.05, 0) is 38.6 Å². The number of nitrogens with zero attached hydrogens (tertiary/aromatic N) is 5. The highest BCUT2D eigenvalue weighted by Gasteiger charge is 2.33. The molecular formula is C17H22ClN5O2S. The number of rotatable bonds is 3. The van der Waals surface area contributed by atoms with E-state index in [2.05, 4.69) is 26.7 Å². The normalized spacial score (nSPS) is 22.3. The topological polar surface area (TPSA) is 71.3 Å². The van der Waals surface area contributed by atoms with E-state index in [1.807, 2.05) is 0 Å². The molecular weight excluding hydrogens is 374 g/mol. The summed E-state index contributed by atoms with van der Waals surface area (Å²) in [5.41, 5.74) is 0. The first-order chi connectivity index (χ1) is 12.5. The summed E-state index contributed by atoms with van der Waals surface area (Å²) in [4.78, 5) is 2.45. The van der Waals surface area contributed by atoms with Gasteiger partial charge in [0, 0.05) is 25.6 Å². The van der Waals surface area contributed by atoms with E-state index in [4.69, 9.17) is 11.6 Å². The summed E-state index contributed by atoms with van der Waals surface area (Å²) >= 11 is 6.10. The molecule has 0 bridgehead atoms. The molecule has 1 aromatic carbocycles. The van der Waals surface area contributed by atoms with E-state index in [0.717, 1.165) is 31.8 Å². The Hall–Kier alpha value is -1.48. The van der Waals surface area contributed by atoms with Gasteiger partial charge in [0.15, 0.2) is 0 Å². The van der Waals surface area contributed by atoms with Gasteiger partial charge in [0.05, 0.1) is 11.6 Å². The van der Waals surface area contributed by atoms with Crippen molar-refractivity contribution in [1.29, 1.82) is 0 Å². The van der Waals surface area contributed by atoms with Gasteiger partial charge >= 0.3 is 0 Å². The van der Waals surface area contributed by atoms with Gasteiger partial charge in [-0.15, -0.1) is 10.2 Å². The third-order valence-electron chi connectivity index (χ3n) is 5.19. The van der Waals surface area contributed by atoms with Gasteiger partial charge in [0.2, 0.25) is 10.0 Å². The molecule has 2 aliphatic heterocycles.